The van der Waals surface area contributed by atoms with E-state index in [-0.39, 0.29) is 0 Å². The van der Waals surface area contributed by atoms with Crippen LogP contribution in [-0.2, 0) is 0 Å². The van der Waals surface area contributed by atoms with Crippen molar-refractivity contribution in [2.75, 3.05) is 0 Å². The van der Waals surface area contributed by atoms with Gasteiger partial charge in [-0.15, -0.1) is 0 Å². The van der Waals surface area contributed by atoms with Crippen LogP contribution in [0, 0.1) is 0 Å². The largest absolute Gasteiger partial charge is 0.456 e. The van der Waals surface area contributed by atoms with Crippen molar-refractivity contribution in [2.45, 2.75) is 0 Å². The SMILES string of the molecule is c1ccc2cc3c(cc2c1)oc1cc(-c2ccc4ccc5cccc6ccc2c4c56)cc(-c2cc4ccc5cccc6ccc(c2)c4c56)c13. The minimum absolute atomic E-state index is 0.911. The summed E-state index contributed by atoms with van der Waals surface area (Å²) < 4.78 is 6.81. The van der Waals surface area contributed by atoms with E-state index in [1.165, 1.54) is 92.1 Å². The first-order chi connectivity index (χ1) is 24.2. The van der Waals surface area contributed by atoms with Crippen molar-refractivity contribution in [1.29, 1.82) is 0 Å². The Hall–Kier alpha value is -6.44. The van der Waals surface area contributed by atoms with Gasteiger partial charge in [-0.05, 0) is 134 Å². The third kappa shape index (κ3) is 3.44. The van der Waals surface area contributed by atoms with Crippen LogP contribution in [0.2, 0.25) is 0 Å². The molecule has 0 fully saturated rings. The van der Waals surface area contributed by atoms with Gasteiger partial charge in [-0.25, -0.2) is 0 Å². The van der Waals surface area contributed by atoms with E-state index < -0.39 is 0 Å². The Bertz CT molecular complexity index is 3240. The first kappa shape index (κ1) is 25.6. The fourth-order valence-corrected chi connectivity index (χ4v) is 8.87. The van der Waals surface area contributed by atoms with Crippen LogP contribution in [0.15, 0.2) is 162 Å². The summed E-state index contributed by atoms with van der Waals surface area (Å²) in [6.45, 7) is 0. The first-order valence-corrected chi connectivity index (χ1v) is 17.0. The van der Waals surface area contributed by atoms with Gasteiger partial charge in [0.2, 0.25) is 0 Å². The molecule has 0 saturated carbocycles. The van der Waals surface area contributed by atoms with Crippen molar-refractivity contribution in [3.8, 4) is 22.3 Å². The third-order valence-corrected chi connectivity index (χ3v) is 11.1. The highest BCUT2D eigenvalue weighted by atomic mass is 16.3. The molecular weight excluding hydrogens is 593 g/mol. The molecule has 1 heterocycles. The van der Waals surface area contributed by atoms with E-state index in [9.17, 15) is 0 Å². The minimum atomic E-state index is 0.911. The summed E-state index contributed by atoms with van der Waals surface area (Å²) >= 11 is 0. The lowest BCUT2D eigenvalue weighted by Crippen LogP contribution is -1.89. The highest BCUT2D eigenvalue weighted by molar-refractivity contribution is 6.27. The van der Waals surface area contributed by atoms with Gasteiger partial charge in [0.1, 0.15) is 11.2 Å². The predicted molar refractivity (Wildman–Crippen MR) is 210 cm³/mol. The van der Waals surface area contributed by atoms with Crippen LogP contribution in [0.1, 0.15) is 0 Å². The summed E-state index contributed by atoms with van der Waals surface area (Å²) in [6.07, 6.45) is 0. The molecule has 0 aliphatic carbocycles. The number of furan rings is 1. The van der Waals surface area contributed by atoms with E-state index >= 15 is 0 Å². The Morgan fingerprint density at radius 1 is 0.265 bits per heavy atom. The molecule has 1 heteroatoms. The molecule has 224 valence electrons. The molecule has 0 spiro atoms. The second-order valence-electron chi connectivity index (χ2n) is 13.7. The molecule has 12 aromatic rings. The summed E-state index contributed by atoms with van der Waals surface area (Å²) in [4.78, 5) is 0. The molecule has 0 aliphatic heterocycles. The molecule has 0 radical (unpaired) electrons. The molecule has 0 aliphatic rings. The molecule has 1 aromatic heterocycles. The molecule has 0 N–H and O–H groups in total. The predicted octanol–water partition coefficient (Wildman–Crippen LogP) is 13.9. The Labute approximate surface area is 280 Å². The zero-order valence-electron chi connectivity index (χ0n) is 26.4. The van der Waals surface area contributed by atoms with Crippen LogP contribution in [0.3, 0.4) is 0 Å². The van der Waals surface area contributed by atoms with Crippen molar-refractivity contribution < 1.29 is 4.42 Å². The Kier molecular flexibility index (Phi) is 4.77. The van der Waals surface area contributed by atoms with E-state index in [2.05, 4.69) is 158 Å². The van der Waals surface area contributed by atoms with Crippen molar-refractivity contribution >= 4 is 97.3 Å². The number of hydrogen-bond donors (Lipinski definition) is 0. The third-order valence-electron chi connectivity index (χ3n) is 11.1. The van der Waals surface area contributed by atoms with Gasteiger partial charge in [0, 0.05) is 10.8 Å². The van der Waals surface area contributed by atoms with Crippen LogP contribution >= 0.6 is 0 Å². The van der Waals surface area contributed by atoms with Crippen molar-refractivity contribution in [2.24, 2.45) is 0 Å². The van der Waals surface area contributed by atoms with Crippen LogP contribution in [0.5, 0.6) is 0 Å². The molecular formula is C48H26O. The topological polar surface area (TPSA) is 13.1 Å². The van der Waals surface area contributed by atoms with E-state index in [4.69, 9.17) is 4.42 Å². The highest BCUT2D eigenvalue weighted by Gasteiger charge is 2.20. The van der Waals surface area contributed by atoms with Gasteiger partial charge in [-0.3, -0.25) is 0 Å². The van der Waals surface area contributed by atoms with Gasteiger partial charge in [-0.1, -0.05) is 121 Å². The maximum absolute atomic E-state index is 6.81. The number of hydrogen-bond acceptors (Lipinski definition) is 1. The van der Waals surface area contributed by atoms with Crippen LogP contribution in [0.25, 0.3) is 120 Å². The van der Waals surface area contributed by atoms with Gasteiger partial charge >= 0.3 is 0 Å². The molecule has 0 amide bonds. The van der Waals surface area contributed by atoms with Crippen LogP contribution < -0.4 is 0 Å². The molecule has 12 rings (SSSR count). The normalized spacial score (nSPS) is 12.5. The lowest BCUT2D eigenvalue weighted by molar-refractivity contribution is 0.669. The molecule has 11 aromatic carbocycles. The molecule has 0 bridgehead atoms. The molecule has 49 heavy (non-hydrogen) atoms. The first-order valence-electron chi connectivity index (χ1n) is 17.0. The van der Waals surface area contributed by atoms with Gasteiger partial charge in [0.25, 0.3) is 0 Å². The monoisotopic (exact) mass is 618 g/mol. The summed E-state index contributed by atoms with van der Waals surface area (Å²) in [5.41, 5.74) is 6.60. The summed E-state index contributed by atoms with van der Waals surface area (Å²) in [7, 11) is 0. The summed E-state index contributed by atoms with van der Waals surface area (Å²) in [5, 5.41) is 20.2. The smallest absolute Gasteiger partial charge is 0.136 e. The Morgan fingerprint density at radius 3 is 1.47 bits per heavy atom. The average Bonchev–Trinajstić information content (AvgIpc) is 3.51. The Balaban J connectivity index is 1.21. The zero-order chi connectivity index (χ0) is 31.8. The molecule has 0 atom stereocenters. The fourth-order valence-electron chi connectivity index (χ4n) is 8.87. The van der Waals surface area contributed by atoms with Gasteiger partial charge in [0.15, 0.2) is 0 Å². The average molecular weight is 619 g/mol. The molecule has 0 unspecified atom stereocenters. The lowest BCUT2D eigenvalue weighted by Gasteiger charge is -2.16. The van der Waals surface area contributed by atoms with Crippen molar-refractivity contribution in [3.05, 3.63) is 158 Å². The highest BCUT2D eigenvalue weighted by Crippen LogP contribution is 2.46. The van der Waals surface area contributed by atoms with Crippen molar-refractivity contribution in [3.63, 3.8) is 0 Å². The van der Waals surface area contributed by atoms with Crippen LogP contribution in [-0.4, -0.2) is 0 Å². The molecule has 0 saturated heterocycles. The molecule has 1 nitrogen and oxygen atoms in total. The maximum Gasteiger partial charge on any atom is 0.136 e. The Morgan fingerprint density at radius 2 is 0.776 bits per heavy atom. The maximum atomic E-state index is 6.81. The second kappa shape index (κ2) is 9.13. The number of rotatable bonds is 2. The second-order valence-corrected chi connectivity index (χ2v) is 13.7. The standard InChI is InChI=1S/C48H26O/c1-2-6-33-25-42-41(23-32(33)5-1)48-40(36-21-34-15-13-27-7-3-8-28-14-16-35(22-36)46(34)44(27)28)24-37(26-43(48)49-42)38-19-17-31-12-11-29-9-4-10-30-18-20-39(38)47(31)45(29)30/h1-26H. The summed E-state index contributed by atoms with van der Waals surface area (Å²) in [5.74, 6) is 0. The number of benzene rings is 11. The van der Waals surface area contributed by atoms with E-state index in [1.54, 1.807) is 0 Å². The zero-order valence-corrected chi connectivity index (χ0v) is 26.4. The number of fused-ring (bicyclic) bond motifs is 4. The summed E-state index contributed by atoms with van der Waals surface area (Å²) in [6, 6.07) is 58.5. The minimum Gasteiger partial charge on any atom is -0.456 e. The van der Waals surface area contributed by atoms with Crippen LogP contribution in [0.4, 0.5) is 0 Å². The quantitative estimate of drug-likeness (QED) is 0.176. The fraction of sp³-hybridized carbons (Fsp3) is 0. The van der Waals surface area contributed by atoms with Gasteiger partial charge in [0.05, 0.1) is 0 Å². The van der Waals surface area contributed by atoms with E-state index in [0.717, 1.165) is 27.5 Å². The van der Waals surface area contributed by atoms with Gasteiger partial charge in [-0.2, -0.15) is 0 Å². The van der Waals surface area contributed by atoms with E-state index in [0.29, 0.717) is 0 Å². The van der Waals surface area contributed by atoms with E-state index in [1.807, 2.05) is 0 Å². The van der Waals surface area contributed by atoms with Gasteiger partial charge < -0.3 is 4.42 Å². The lowest BCUT2D eigenvalue weighted by atomic mass is 9.87. The van der Waals surface area contributed by atoms with Crippen molar-refractivity contribution in [1.82, 2.24) is 0 Å².